The Morgan fingerprint density at radius 3 is 1.95 bits per heavy atom. The van der Waals surface area contributed by atoms with Crippen molar-refractivity contribution in [2.45, 2.75) is 59.8 Å². The van der Waals surface area contributed by atoms with E-state index in [2.05, 4.69) is 119 Å². The van der Waals surface area contributed by atoms with Crippen molar-refractivity contribution in [1.82, 2.24) is 0 Å². The molecule has 0 spiro atoms. The number of nitriles is 2. The van der Waals surface area contributed by atoms with Crippen molar-refractivity contribution in [2.24, 2.45) is 11.8 Å². The van der Waals surface area contributed by atoms with Crippen LogP contribution in [0.3, 0.4) is 0 Å². The van der Waals surface area contributed by atoms with E-state index in [9.17, 15) is 0 Å². The molecule has 3 heteroatoms. The highest BCUT2D eigenvalue weighted by atomic mass is 16.5. The fourth-order valence-corrected chi connectivity index (χ4v) is 5.50. The lowest BCUT2D eigenvalue weighted by atomic mass is 9.87. The molecule has 0 N–H and O–H groups in total. The zero-order chi connectivity index (χ0) is 29.2. The Labute approximate surface area is 246 Å². The van der Waals surface area contributed by atoms with E-state index < -0.39 is 0 Å². The molecule has 0 unspecified atom stereocenters. The van der Waals surface area contributed by atoms with Crippen molar-refractivity contribution in [1.29, 1.82) is 10.5 Å². The molecule has 0 fully saturated rings. The van der Waals surface area contributed by atoms with Crippen LogP contribution >= 0.6 is 0 Å². The lowest BCUT2D eigenvalue weighted by molar-refractivity contribution is 0.362. The molecule has 0 radical (unpaired) electrons. The molecule has 0 atom stereocenters. The number of hydrogen-bond donors (Lipinski definition) is 0. The molecule has 4 rings (SSSR count). The van der Waals surface area contributed by atoms with Gasteiger partial charge in [-0.2, -0.15) is 10.5 Å². The lowest BCUT2D eigenvalue weighted by Gasteiger charge is -2.18. The second-order valence-corrected chi connectivity index (χ2v) is 11.6. The third kappa shape index (κ3) is 8.09. The summed E-state index contributed by atoms with van der Waals surface area (Å²) in [5.41, 5.74) is 11.1. The first-order valence-electron chi connectivity index (χ1n) is 14.7. The highest BCUT2D eigenvalue weighted by Gasteiger charge is 2.15. The summed E-state index contributed by atoms with van der Waals surface area (Å²) in [5, 5.41) is 18.2. The number of rotatable bonds is 12. The molecule has 0 aromatic heterocycles. The van der Waals surface area contributed by atoms with Crippen LogP contribution in [-0.4, -0.2) is 6.61 Å². The van der Waals surface area contributed by atoms with E-state index in [1.807, 2.05) is 6.07 Å². The molecule has 0 aliphatic carbocycles. The number of aryl methyl sites for hydroxylation is 1. The molecule has 0 aliphatic heterocycles. The summed E-state index contributed by atoms with van der Waals surface area (Å²) in [7, 11) is 0. The van der Waals surface area contributed by atoms with Gasteiger partial charge in [-0.15, -0.1) is 0 Å². The highest BCUT2D eigenvalue weighted by molar-refractivity contribution is 5.76. The molecular formula is C38H40N2O. The largest absolute Gasteiger partial charge is 0.478 e. The molecule has 0 bridgehead atoms. The number of nitrogens with zero attached hydrogens (tertiary/aromatic N) is 2. The fraction of sp³-hybridized carbons (Fsp3) is 0.316. The van der Waals surface area contributed by atoms with Crippen LogP contribution < -0.4 is 4.74 Å². The maximum Gasteiger partial charge on any atom is 0.174 e. The third-order valence-electron chi connectivity index (χ3n) is 7.27. The topological polar surface area (TPSA) is 56.8 Å². The molecule has 0 amide bonds. The van der Waals surface area contributed by atoms with E-state index in [0.717, 1.165) is 42.6 Å². The first-order valence-corrected chi connectivity index (χ1v) is 14.7. The summed E-state index contributed by atoms with van der Waals surface area (Å²) in [6.45, 7) is 8.97. The number of ether oxygens (including phenoxy) is 1. The first kappa shape index (κ1) is 29.6. The van der Waals surface area contributed by atoms with Gasteiger partial charge in [-0.1, -0.05) is 100 Å². The van der Waals surface area contributed by atoms with Crippen molar-refractivity contribution < 1.29 is 4.74 Å². The highest BCUT2D eigenvalue weighted by Crippen LogP contribution is 2.35. The first-order chi connectivity index (χ1) is 19.9. The van der Waals surface area contributed by atoms with E-state index in [1.54, 1.807) is 0 Å². The Hall–Kier alpha value is -4.34. The Balaban J connectivity index is 1.82. The number of hydrogen-bond acceptors (Lipinski definition) is 3. The number of benzene rings is 4. The van der Waals surface area contributed by atoms with Crippen molar-refractivity contribution in [2.75, 3.05) is 6.61 Å². The molecular weight excluding hydrogens is 500 g/mol. The van der Waals surface area contributed by atoms with Crippen LogP contribution in [0.1, 0.15) is 61.9 Å². The molecule has 4 aromatic carbocycles. The van der Waals surface area contributed by atoms with Crippen LogP contribution in [0.15, 0.2) is 84.9 Å². The standard InChI is InChI=1S/C38H40N2O/c1-27(2)21-33-24-30(11-8-18-39)12-15-36(33)31-13-16-37(34(25-31)23-29-9-6-5-7-10-29)32-14-17-38(41-20-19-40)35(26-32)22-28(3)4/h5-7,9-10,12-17,24-28H,8,11,20-23H2,1-4H3. The van der Waals surface area contributed by atoms with Gasteiger partial charge in [-0.05, 0) is 99.7 Å². The molecule has 0 heterocycles. The van der Waals surface area contributed by atoms with Gasteiger partial charge in [0.25, 0.3) is 0 Å². The van der Waals surface area contributed by atoms with Gasteiger partial charge < -0.3 is 4.74 Å². The zero-order valence-electron chi connectivity index (χ0n) is 24.8. The molecule has 41 heavy (non-hydrogen) atoms. The van der Waals surface area contributed by atoms with Crippen LogP contribution in [0.4, 0.5) is 0 Å². The van der Waals surface area contributed by atoms with E-state index in [-0.39, 0.29) is 6.61 Å². The molecule has 0 saturated carbocycles. The Morgan fingerprint density at radius 1 is 0.634 bits per heavy atom. The summed E-state index contributed by atoms with van der Waals surface area (Å²) in [4.78, 5) is 0. The van der Waals surface area contributed by atoms with Gasteiger partial charge in [0, 0.05) is 6.42 Å². The minimum absolute atomic E-state index is 0.0480. The summed E-state index contributed by atoms with van der Waals surface area (Å²) in [6, 6.07) is 35.0. The summed E-state index contributed by atoms with van der Waals surface area (Å²) in [5.74, 6) is 1.79. The van der Waals surface area contributed by atoms with Gasteiger partial charge in [0.15, 0.2) is 6.61 Å². The van der Waals surface area contributed by atoms with Crippen LogP contribution in [0.25, 0.3) is 22.3 Å². The lowest BCUT2D eigenvalue weighted by Crippen LogP contribution is -2.02. The predicted molar refractivity (Wildman–Crippen MR) is 169 cm³/mol. The van der Waals surface area contributed by atoms with Crippen molar-refractivity contribution in [3.63, 3.8) is 0 Å². The average Bonchev–Trinajstić information content (AvgIpc) is 2.95. The van der Waals surface area contributed by atoms with E-state index >= 15 is 0 Å². The van der Waals surface area contributed by atoms with Gasteiger partial charge in [0.05, 0.1) is 6.07 Å². The monoisotopic (exact) mass is 540 g/mol. The summed E-state index contributed by atoms with van der Waals surface area (Å²) in [6.07, 6.45) is 4.03. The normalized spacial score (nSPS) is 10.9. The van der Waals surface area contributed by atoms with E-state index in [1.165, 1.54) is 38.9 Å². The maximum absolute atomic E-state index is 9.09. The minimum atomic E-state index is 0.0480. The molecule has 0 saturated heterocycles. The van der Waals surface area contributed by atoms with Crippen molar-refractivity contribution >= 4 is 0 Å². The zero-order valence-corrected chi connectivity index (χ0v) is 24.8. The third-order valence-corrected chi connectivity index (χ3v) is 7.27. The van der Waals surface area contributed by atoms with Crippen LogP contribution in [0.2, 0.25) is 0 Å². The Morgan fingerprint density at radius 2 is 1.27 bits per heavy atom. The maximum atomic E-state index is 9.09. The van der Waals surface area contributed by atoms with Crippen molar-refractivity contribution in [3.8, 4) is 40.1 Å². The summed E-state index contributed by atoms with van der Waals surface area (Å²) >= 11 is 0. The Bertz CT molecular complexity index is 1540. The van der Waals surface area contributed by atoms with Gasteiger partial charge >= 0.3 is 0 Å². The second kappa shape index (κ2) is 14.3. The molecule has 4 aromatic rings. The average molecular weight is 541 g/mol. The molecule has 0 aliphatic rings. The smallest absolute Gasteiger partial charge is 0.174 e. The van der Waals surface area contributed by atoms with Crippen LogP contribution in [-0.2, 0) is 25.7 Å². The van der Waals surface area contributed by atoms with E-state index in [4.69, 9.17) is 15.3 Å². The molecule has 208 valence electrons. The van der Waals surface area contributed by atoms with Crippen LogP contribution in [0, 0.1) is 34.5 Å². The van der Waals surface area contributed by atoms with Gasteiger partial charge in [-0.3, -0.25) is 0 Å². The second-order valence-electron chi connectivity index (χ2n) is 11.6. The van der Waals surface area contributed by atoms with Gasteiger partial charge in [0.1, 0.15) is 11.8 Å². The van der Waals surface area contributed by atoms with E-state index in [0.29, 0.717) is 18.3 Å². The SMILES string of the molecule is CC(C)Cc1cc(-c2ccc(-c3ccc(CCC#N)cc3CC(C)C)cc2Cc2ccccc2)ccc1OCC#N. The quantitative estimate of drug-likeness (QED) is 0.180. The predicted octanol–water partition coefficient (Wildman–Crippen LogP) is 9.37. The van der Waals surface area contributed by atoms with Crippen molar-refractivity contribution in [3.05, 3.63) is 113 Å². The Kier molecular flexibility index (Phi) is 10.4. The molecule has 3 nitrogen and oxygen atoms in total. The summed E-state index contributed by atoms with van der Waals surface area (Å²) < 4.78 is 5.78. The van der Waals surface area contributed by atoms with Gasteiger partial charge in [0.2, 0.25) is 0 Å². The van der Waals surface area contributed by atoms with Gasteiger partial charge in [-0.25, -0.2) is 0 Å². The fourth-order valence-electron chi connectivity index (χ4n) is 5.50. The van der Waals surface area contributed by atoms with Crippen LogP contribution in [0.5, 0.6) is 5.75 Å². The minimum Gasteiger partial charge on any atom is -0.478 e.